The summed E-state index contributed by atoms with van der Waals surface area (Å²) in [5.41, 5.74) is -0.475. The summed E-state index contributed by atoms with van der Waals surface area (Å²) < 4.78 is 64.3. The highest BCUT2D eigenvalue weighted by atomic mass is 31.2. The van der Waals surface area contributed by atoms with Crippen LogP contribution in [0.1, 0.15) is 63.9 Å². The Morgan fingerprint density at radius 1 is 1.09 bits per heavy atom. The molecule has 2 rings (SSSR count). The lowest BCUT2D eigenvalue weighted by atomic mass is 10.0. The first-order valence-electron chi connectivity index (χ1n) is 15.0. The highest BCUT2D eigenvalue weighted by molar-refractivity contribution is 7.72. The molecule has 7 N–H and O–H groups in total. The summed E-state index contributed by atoms with van der Waals surface area (Å²) in [5.74, 6) is -4.03. The van der Waals surface area contributed by atoms with Gasteiger partial charge >= 0.3 is 39.2 Å². The van der Waals surface area contributed by atoms with Gasteiger partial charge in [0.05, 0.1) is 12.6 Å². The lowest BCUT2D eigenvalue weighted by Crippen LogP contribution is -2.52. The van der Waals surface area contributed by atoms with Crippen molar-refractivity contribution in [2.45, 2.75) is 81.4 Å². The maximum Gasteiger partial charge on any atom is 0.407 e. The number of aliphatic hydroxyl groups is 1. The van der Waals surface area contributed by atoms with Gasteiger partial charge in [0.15, 0.2) is 6.10 Å². The van der Waals surface area contributed by atoms with Crippen LogP contribution in [0.15, 0.2) is 42.5 Å². The fourth-order valence-electron chi connectivity index (χ4n) is 4.76. The highest BCUT2D eigenvalue weighted by Gasteiger charge is 2.58. The molecule has 1 aromatic carbocycles. The molecule has 1 fully saturated rings. The Kier molecular flexibility index (Phi) is 15.4. The molecule has 1 aromatic rings. The predicted octanol–water partition coefficient (Wildman–Crippen LogP) is 3.51. The van der Waals surface area contributed by atoms with E-state index in [9.17, 15) is 48.2 Å². The van der Waals surface area contributed by atoms with Crippen LogP contribution < -0.4 is 10.6 Å². The number of esters is 1. The molecule has 0 radical (unpaired) electrons. The Balaban J connectivity index is 2.11. The van der Waals surface area contributed by atoms with Crippen LogP contribution >= 0.6 is 15.2 Å². The number of alkyl halides is 2. The maximum atomic E-state index is 15.7. The lowest BCUT2D eigenvalue weighted by molar-refractivity contribution is -0.143. The third-order valence-electron chi connectivity index (χ3n) is 7.36. The largest absolute Gasteiger partial charge is 0.466 e. The van der Waals surface area contributed by atoms with Crippen molar-refractivity contribution in [3.63, 3.8) is 0 Å². The third-order valence-corrected chi connectivity index (χ3v) is 11.2. The van der Waals surface area contributed by atoms with Crippen LogP contribution in [0.5, 0.6) is 0 Å². The first-order chi connectivity index (χ1) is 21.9. The number of carbonyl (C=O) groups excluding carboxylic acids is 3. The first kappa shape index (κ1) is 40.3. The molecule has 1 aliphatic rings. The quantitative estimate of drug-likeness (QED) is 0.0473. The minimum absolute atomic E-state index is 0.278. The van der Waals surface area contributed by atoms with E-state index < -0.39 is 75.4 Å². The second kappa shape index (κ2) is 18.0. The van der Waals surface area contributed by atoms with Gasteiger partial charge in [-0.1, -0.05) is 49.2 Å². The van der Waals surface area contributed by atoms with Gasteiger partial charge in [-0.2, -0.15) is 8.78 Å². The highest BCUT2D eigenvalue weighted by Crippen LogP contribution is 2.69. The van der Waals surface area contributed by atoms with E-state index in [0.29, 0.717) is 38.8 Å². The molecule has 0 aromatic heterocycles. The van der Waals surface area contributed by atoms with E-state index in [1.54, 1.807) is 6.92 Å². The molecule has 47 heavy (non-hydrogen) atoms. The van der Waals surface area contributed by atoms with Gasteiger partial charge in [-0.3, -0.25) is 13.9 Å². The van der Waals surface area contributed by atoms with E-state index in [2.05, 4.69) is 10.6 Å². The van der Waals surface area contributed by atoms with Crippen LogP contribution in [0.3, 0.4) is 0 Å². The van der Waals surface area contributed by atoms with E-state index in [1.165, 1.54) is 29.2 Å². The topological polar surface area (TPSA) is 232 Å². The van der Waals surface area contributed by atoms with Crippen molar-refractivity contribution in [1.82, 2.24) is 15.5 Å². The monoisotopic (exact) mass is 713 g/mol. The molecule has 2 atom stereocenters. The zero-order valence-electron chi connectivity index (χ0n) is 25.9. The average molecular weight is 714 g/mol. The number of hydrogen-bond donors (Lipinski definition) is 7. The number of ether oxygens (including phenoxy) is 2. The summed E-state index contributed by atoms with van der Waals surface area (Å²) in [4.78, 5) is 75.1. The molecule has 1 aliphatic heterocycles. The van der Waals surface area contributed by atoms with Gasteiger partial charge in [0, 0.05) is 38.0 Å². The number of unbranched alkanes of at least 4 members (excludes halogenated alkanes) is 3. The van der Waals surface area contributed by atoms with E-state index in [0.717, 1.165) is 24.6 Å². The number of urea groups is 1. The summed E-state index contributed by atoms with van der Waals surface area (Å²) in [5, 5.41) is 11.1. The van der Waals surface area contributed by atoms with Gasteiger partial charge in [-0.05, 0) is 38.7 Å². The van der Waals surface area contributed by atoms with Crippen molar-refractivity contribution in [1.29, 1.82) is 0 Å². The van der Waals surface area contributed by atoms with Gasteiger partial charge in [-0.25, -0.2) is 9.59 Å². The van der Waals surface area contributed by atoms with Gasteiger partial charge < -0.3 is 49.7 Å². The number of alkyl carbamates (subject to hydrolysis) is 1. The van der Waals surface area contributed by atoms with Gasteiger partial charge in [0.1, 0.15) is 0 Å². The number of nitrogens with zero attached hydrogens (tertiary/aromatic N) is 1. The molecule has 0 unspecified atom stereocenters. The summed E-state index contributed by atoms with van der Waals surface area (Å²) in [6, 6.07) is 5.52. The SMILES string of the molecule is CCOC(=O)CCCCCCN1C(=O)NCC[C@@H]1C=C[C@@H](OC(=O)NCCCC(O)(P(=O)(O)O)P(=O)(O)O)C(F)(F)c1ccccc1. The molecule has 0 spiro atoms. The van der Waals surface area contributed by atoms with Crippen molar-refractivity contribution in [3.8, 4) is 0 Å². The lowest BCUT2D eigenvalue weighted by Gasteiger charge is -2.35. The first-order valence-corrected chi connectivity index (χ1v) is 18.3. The van der Waals surface area contributed by atoms with Crippen LogP contribution in [-0.4, -0.2) is 91.1 Å². The van der Waals surface area contributed by atoms with Crippen molar-refractivity contribution in [2.24, 2.45) is 0 Å². The molecular weight excluding hydrogens is 670 g/mol. The summed E-state index contributed by atoms with van der Waals surface area (Å²) in [7, 11) is -11.4. The van der Waals surface area contributed by atoms with Crippen LogP contribution in [0, 0.1) is 0 Å². The van der Waals surface area contributed by atoms with Crippen molar-refractivity contribution >= 4 is 33.3 Å². The minimum atomic E-state index is -5.71. The molecular formula is C28H43F2N3O12P2. The van der Waals surface area contributed by atoms with E-state index in [1.807, 2.05) is 0 Å². The number of amides is 3. The summed E-state index contributed by atoms with van der Waals surface area (Å²) in [6.07, 6.45) is 0.382. The fourth-order valence-corrected chi connectivity index (χ4v) is 7.02. The number of carbonyl (C=O) groups is 3. The Bertz CT molecular complexity index is 1290. The second-order valence-corrected chi connectivity index (χ2v) is 14.9. The second-order valence-electron chi connectivity index (χ2n) is 10.8. The molecule has 0 aliphatic carbocycles. The average Bonchev–Trinajstić information content (AvgIpc) is 2.99. The number of halogens is 2. The number of nitrogens with one attached hydrogen (secondary N) is 2. The van der Waals surface area contributed by atoms with E-state index >= 15 is 8.78 Å². The van der Waals surface area contributed by atoms with Crippen molar-refractivity contribution in [3.05, 3.63) is 48.0 Å². The zero-order valence-corrected chi connectivity index (χ0v) is 27.7. The van der Waals surface area contributed by atoms with Crippen LogP contribution in [-0.2, 0) is 29.3 Å². The maximum absolute atomic E-state index is 15.7. The van der Waals surface area contributed by atoms with Gasteiger partial charge in [0.25, 0.3) is 5.08 Å². The fraction of sp³-hybridized carbons (Fsp3) is 0.607. The molecule has 3 amide bonds. The van der Waals surface area contributed by atoms with Crippen LogP contribution in [0.25, 0.3) is 0 Å². The normalized spacial score (nSPS) is 16.9. The minimum Gasteiger partial charge on any atom is -0.466 e. The van der Waals surface area contributed by atoms with Crippen LogP contribution in [0.4, 0.5) is 18.4 Å². The smallest absolute Gasteiger partial charge is 0.407 e. The van der Waals surface area contributed by atoms with Crippen molar-refractivity contribution in [2.75, 3.05) is 26.2 Å². The summed E-state index contributed by atoms with van der Waals surface area (Å²) >= 11 is 0. The van der Waals surface area contributed by atoms with Gasteiger partial charge in [0.2, 0.25) is 0 Å². The molecule has 266 valence electrons. The molecule has 1 saturated heterocycles. The molecule has 1 heterocycles. The van der Waals surface area contributed by atoms with Gasteiger partial charge in [-0.15, -0.1) is 0 Å². The summed E-state index contributed by atoms with van der Waals surface area (Å²) in [6.45, 7) is 2.06. The molecule has 0 bridgehead atoms. The molecule has 0 saturated carbocycles. The van der Waals surface area contributed by atoms with E-state index in [4.69, 9.17) is 9.47 Å². The molecule has 15 nitrogen and oxygen atoms in total. The Hall–Kier alpha value is -2.91. The number of hydrogen-bond acceptors (Lipinski definition) is 8. The van der Waals surface area contributed by atoms with Crippen molar-refractivity contribution < 1.29 is 66.4 Å². The third kappa shape index (κ3) is 11.9. The number of benzene rings is 1. The molecule has 19 heteroatoms. The van der Waals surface area contributed by atoms with Crippen LogP contribution in [0.2, 0.25) is 0 Å². The van der Waals surface area contributed by atoms with E-state index in [-0.39, 0.29) is 18.9 Å². The Morgan fingerprint density at radius 3 is 2.34 bits per heavy atom. The number of rotatable bonds is 19. The Morgan fingerprint density at radius 2 is 1.72 bits per heavy atom. The zero-order chi connectivity index (χ0) is 35.3. The standard InChI is InChI=1S/C28H43F2N3O12P2/c1-2-44-24(34)13-8-3-4-9-20-33-22(16-19-31-25(33)35)14-15-23(28(29,30)21-11-6-5-7-12-21)45-26(36)32-18-10-17-27(37,46(38,39)40)47(41,42)43/h5-7,11-12,14-15,22-23,37H,2-4,8-10,13,16-20H2,1H3,(H,31,35)(H,32,36)(H2,38,39,40)(H2,41,42,43)/t22-,23+/m0/s1. The predicted molar refractivity (Wildman–Crippen MR) is 164 cm³/mol. The Labute approximate surface area is 271 Å².